The molecule has 5 heteroatoms. The van der Waals surface area contributed by atoms with Crippen LogP contribution in [0.25, 0.3) is 21.9 Å². The van der Waals surface area contributed by atoms with Gasteiger partial charge in [0.1, 0.15) is 0 Å². The molecule has 2 heterocycles. The summed E-state index contributed by atoms with van der Waals surface area (Å²) in [6.07, 6.45) is 5.51. The average Bonchev–Trinajstić information content (AvgIpc) is 3.16. The normalized spacial score (nSPS) is 17.2. The number of benzene rings is 2. The van der Waals surface area contributed by atoms with Gasteiger partial charge >= 0.3 is 6.01 Å². The van der Waals surface area contributed by atoms with Gasteiger partial charge in [0.15, 0.2) is 0 Å². The Balaban J connectivity index is 1.57. The van der Waals surface area contributed by atoms with Crippen LogP contribution in [0.1, 0.15) is 25.3 Å². The molecule has 1 saturated heterocycles. The van der Waals surface area contributed by atoms with Crippen LogP contribution in [0.15, 0.2) is 42.6 Å². The molecule has 0 unspecified atom stereocenters. The SMILES string of the molecule is COc1ncc(-c2ccc3cc(CCN4CCC[C@H]4C)ccc3c2)c(OC)n1. The van der Waals surface area contributed by atoms with Crippen LogP contribution in [0.5, 0.6) is 11.9 Å². The van der Waals surface area contributed by atoms with E-state index in [2.05, 4.69) is 58.2 Å². The summed E-state index contributed by atoms with van der Waals surface area (Å²) in [7, 11) is 3.16. The van der Waals surface area contributed by atoms with Gasteiger partial charge in [-0.2, -0.15) is 4.98 Å². The summed E-state index contributed by atoms with van der Waals surface area (Å²) in [5.41, 5.74) is 3.28. The Morgan fingerprint density at radius 3 is 2.64 bits per heavy atom. The molecular formula is C23H27N3O2. The molecule has 4 rings (SSSR count). The van der Waals surface area contributed by atoms with Gasteiger partial charge in [0, 0.05) is 18.8 Å². The van der Waals surface area contributed by atoms with Crippen molar-refractivity contribution in [2.75, 3.05) is 27.3 Å². The molecular weight excluding hydrogens is 350 g/mol. The second-order valence-electron chi connectivity index (χ2n) is 7.45. The number of methoxy groups -OCH3 is 2. The lowest BCUT2D eigenvalue weighted by molar-refractivity contribution is 0.272. The van der Waals surface area contributed by atoms with E-state index in [1.54, 1.807) is 20.4 Å². The number of hydrogen-bond acceptors (Lipinski definition) is 5. The molecule has 0 spiro atoms. The summed E-state index contributed by atoms with van der Waals surface area (Å²) < 4.78 is 10.5. The summed E-state index contributed by atoms with van der Waals surface area (Å²) in [6.45, 7) is 4.72. The third-order valence-corrected chi connectivity index (χ3v) is 5.70. The van der Waals surface area contributed by atoms with Gasteiger partial charge in [-0.05, 0) is 60.7 Å². The van der Waals surface area contributed by atoms with E-state index in [1.165, 1.54) is 35.7 Å². The lowest BCUT2D eigenvalue weighted by Gasteiger charge is -2.20. The molecule has 0 aliphatic carbocycles. The zero-order valence-electron chi connectivity index (χ0n) is 16.8. The highest BCUT2D eigenvalue weighted by Crippen LogP contribution is 2.31. The minimum absolute atomic E-state index is 0.304. The molecule has 1 aromatic heterocycles. The predicted molar refractivity (Wildman–Crippen MR) is 112 cm³/mol. The minimum Gasteiger partial charge on any atom is -0.480 e. The number of aromatic nitrogens is 2. The van der Waals surface area contributed by atoms with Gasteiger partial charge in [0.05, 0.1) is 19.8 Å². The van der Waals surface area contributed by atoms with E-state index in [1.807, 2.05) is 0 Å². The number of ether oxygens (including phenoxy) is 2. The van der Waals surface area contributed by atoms with Crippen LogP contribution in [0.3, 0.4) is 0 Å². The Hall–Kier alpha value is -2.66. The second kappa shape index (κ2) is 8.15. The Kier molecular flexibility index (Phi) is 5.44. The molecule has 0 amide bonds. The van der Waals surface area contributed by atoms with E-state index in [4.69, 9.17) is 9.47 Å². The Morgan fingerprint density at radius 1 is 1.07 bits per heavy atom. The van der Waals surface area contributed by atoms with Crippen LogP contribution >= 0.6 is 0 Å². The first-order valence-electron chi connectivity index (χ1n) is 9.90. The summed E-state index contributed by atoms with van der Waals surface area (Å²) >= 11 is 0. The first-order valence-corrected chi connectivity index (χ1v) is 9.90. The first kappa shape index (κ1) is 18.7. The van der Waals surface area contributed by atoms with Crippen molar-refractivity contribution in [2.45, 2.75) is 32.2 Å². The third kappa shape index (κ3) is 3.80. The fourth-order valence-electron chi connectivity index (χ4n) is 4.02. The lowest BCUT2D eigenvalue weighted by atomic mass is 10.00. The number of hydrogen-bond donors (Lipinski definition) is 0. The quantitative estimate of drug-likeness (QED) is 0.639. The highest BCUT2D eigenvalue weighted by atomic mass is 16.5. The standard InChI is InChI=1S/C23H27N3O2/c1-16-5-4-11-26(16)12-10-17-6-7-19-14-20(9-8-18(19)13-17)21-15-24-23(28-3)25-22(21)27-2/h6-9,13-16H,4-5,10-12H2,1-3H3/t16-/m1/s1. The van der Waals surface area contributed by atoms with Gasteiger partial charge in [0.2, 0.25) is 5.88 Å². The van der Waals surface area contributed by atoms with Crippen LogP contribution < -0.4 is 9.47 Å². The van der Waals surface area contributed by atoms with Crippen molar-refractivity contribution < 1.29 is 9.47 Å². The second-order valence-corrected chi connectivity index (χ2v) is 7.45. The average molecular weight is 377 g/mol. The van der Waals surface area contributed by atoms with Crippen molar-refractivity contribution in [3.63, 3.8) is 0 Å². The maximum absolute atomic E-state index is 5.43. The van der Waals surface area contributed by atoms with E-state index in [-0.39, 0.29) is 0 Å². The van der Waals surface area contributed by atoms with Crippen molar-refractivity contribution in [1.82, 2.24) is 14.9 Å². The topological polar surface area (TPSA) is 47.5 Å². The number of nitrogens with zero attached hydrogens (tertiary/aromatic N) is 3. The Bertz CT molecular complexity index is 973. The van der Waals surface area contributed by atoms with E-state index in [0.29, 0.717) is 11.9 Å². The summed E-state index contributed by atoms with van der Waals surface area (Å²) in [4.78, 5) is 11.1. The van der Waals surface area contributed by atoms with E-state index in [0.717, 1.165) is 30.1 Å². The van der Waals surface area contributed by atoms with E-state index < -0.39 is 0 Å². The lowest BCUT2D eigenvalue weighted by Crippen LogP contribution is -2.28. The largest absolute Gasteiger partial charge is 0.480 e. The number of rotatable bonds is 6. The highest BCUT2D eigenvalue weighted by Gasteiger charge is 2.19. The number of fused-ring (bicyclic) bond motifs is 1. The van der Waals surface area contributed by atoms with Crippen molar-refractivity contribution in [2.24, 2.45) is 0 Å². The summed E-state index contributed by atoms with van der Waals surface area (Å²) in [5, 5.41) is 2.46. The fourth-order valence-corrected chi connectivity index (χ4v) is 4.02. The first-order chi connectivity index (χ1) is 13.7. The minimum atomic E-state index is 0.304. The molecule has 0 bridgehead atoms. The van der Waals surface area contributed by atoms with Gasteiger partial charge in [0.25, 0.3) is 0 Å². The molecule has 0 N–H and O–H groups in total. The van der Waals surface area contributed by atoms with Crippen molar-refractivity contribution in [3.8, 4) is 23.0 Å². The Morgan fingerprint density at radius 2 is 1.89 bits per heavy atom. The molecule has 3 aromatic rings. The van der Waals surface area contributed by atoms with E-state index >= 15 is 0 Å². The van der Waals surface area contributed by atoms with Crippen molar-refractivity contribution in [1.29, 1.82) is 0 Å². The highest BCUT2D eigenvalue weighted by molar-refractivity contribution is 5.88. The van der Waals surface area contributed by atoms with Crippen LogP contribution in [-0.4, -0.2) is 48.2 Å². The molecule has 0 radical (unpaired) electrons. The molecule has 5 nitrogen and oxygen atoms in total. The number of likely N-dealkylation sites (tertiary alicyclic amines) is 1. The molecule has 1 aliphatic heterocycles. The zero-order valence-corrected chi connectivity index (χ0v) is 16.8. The van der Waals surface area contributed by atoms with Crippen molar-refractivity contribution in [3.05, 3.63) is 48.2 Å². The summed E-state index contributed by atoms with van der Waals surface area (Å²) in [6, 6.07) is 14.2. The van der Waals surface area contributed by atoms with Gasteiger partial charge < -0.3 is 14.4 Å². The van der Waals surface area contributed by atoms with Gasteiger partial charge in [-0.1, -0.05) is 30.3 Å². The van der Waals surface area contributed by atoms with E-state index in [9.17, 15) is 0 Å². The molecule has 0 saturated carbocycles. The smallest absolute Gasteiger partial charge is 0.319 e. The van der Waals surface area contributed by atoms with Crippen LogP contribution in [0.4, 0.5) is 0 Å². The molecule has 146 valence electrons. The third-order valence-electron chi connectivity index (χ3n) is 5.70. The van der Waals surface area contributed by atoms with Crippen LogP contribution in [-0.2, 0) is 6.42 Å². The van der Waals surface area contributed by atoms with Gasteiger partial charge in [-0.3, -0.25) is 0 Å². The van der Waals surface area contributed by atoms with Gasteiger partial charge in [-0.15, -0.1) is 0 Å². The molecule has 1 fully saturated rings. The van der Waals surface area contributed by atoms with Crippen molar-refractivity contribution >= 4 is 10.8 Å². The Labute approximate surface area is 166 Å². The fraction of sp³-hybridized carbons (Fsp3) is 0.391. The zero-order chi connectivity index (χ0) is 19.5. The van der Waals surface area contributed by atoms with Crippen LogP contribution in [0, 0.1) is 0 Å². The molecule has 2 aromatic carbocycles. The summed E-state index contributed by atoms with van der Waals surface area (Å²) in [5.74, 6) is 0.516. The monoisotopic (exact) mass is 377 g/mol. The molecule has 1 aliphatic rings. The molecule has 1 atom stereocenters. The molecule has 28 heavy (non-hydrogen) atoms. The van der Waals surface area contributed by atoms with Crippen LogP contribution in [0.2, 0.25) is 0 Å². The van der Waals surface area contributed by atoms with Gasteiger partial charge in [-0.25, -0.2) is 4.98 Å². The maximum atomic E-state index is 5.43. The predicted octanol–water partition coefficient (Wildman–Crippen LogP) is 4.34. The maximum Gasteiger partial charge on any atom is 0.319 e.